The van der Waals surface area contributed by atoms with Gasteiger partial charge in [-0.2, -0.15) is 0 Å². The molecule has 2 atom stereocenters. The number of halogens is 1. The van der Waals surface area contributed by atoms with Gasteiger partial charge >= 0.3 is 0 Å². The summed E-state index contributed by atoms with van der Waals surface area (Å²) in [6.45, 7) is 9.36. The van der Waals surface area contributed by atoms with Crippen molar-refractivity contribution >= 4 is 0 Å². The zero-order chi connectivity index (χ0) is 15.7. The van der Waals surface area contributed by atoms with Gasteiger partial charge in [0.15, 0.2) is 0 Å². The Labute approximate surface area is 127 Å². The topological polar surface area (TPSA) is 32.7 Å². The lowest BCUT2D eigenvalue weighted by molar-refractivity contribution is 0.0154. The van der Waals surface area contributed by atoms with Crippen LogP contribution in [-0.4, -0.2) is 41.9 Å². The van der Waals surface area contributed by atoms with Crippen molar-refractivity contribution in [2.24, 2.45) is 0 Å². The van der Waals surface area contributed by atoms with Crippen molar-refractivity contribution in [2.45, 2.75) is 39.0 Å². The molecule has 4 heteroatoms. The van der Waals surface area contributed by atoms with Crippen molar-refractivity contribution < 1.29 is 14.2 Å². The van der Waals surface area contributed by atoms with Crippen molar-refractivity contribution in [3.8, 4) is 0 Å². The Hall–Kier alpha value is -1.23. The number of aliphatic hydroxyl groups excluding tert-OH is 1. The van der Waals surface area contributed by atoms with Gasteiger partial charge in [0.25, 0.3) is 0 Å². The molecule has 0 bridgehead atoms. The molecule has 0 aromatic heterocycles. The summed E-state index contributed by atoms with van der Waals surface area (Å²) >= 11 is 0. The second kappa shape index (κ2) is 9.66. The quantitative estimate of drug-likeness (QED) is 0.532. The molecule has 0 amide bonds. The minimum Gasteiger partial charge on any atom is -0.389 e. The van der Waals surface area contributed by atoms with Crippen LogP contribution >= 0.6 is 0 Å². The molecule has 1 aromatic rings. The minimum atomic E-state index is -0.592. The van der Waals surface area contributed by atoms with Gasteiger partial charge in [0.2, 0.25) is 0 Å². The average Bonchev–Trinajstić information content (AvgIpc) is 2.48. The van der Waals surface area contributed by atoms with E-state index >= 15 is 0 Å². The third kappa shape index (κ3) is 6.38. The molecule has 1 aromatic carbocycles. The highest BCUT2D eigenvalue weighted by molar-refractivity contribution is 5.17. The Balaban J connectivity index is 2.63. The molecule has 118 valence electrons. The summed E-state index contributed by atoms with van der Waals surface area (Å²) in [5, 5.41) is 10.0. The Kier molecular flexibility index (Phi) is 8.20. The van der Waals surface area contributed by atoms with Crippen LogP contribution in [0, 0.1) is 5.82 Å². The molecule has 0 spiro atoms. The Bertz CT molecular complexity index is 425. The first-order chi connectivity index (χ1) is 10.1. The average molecular weight is 295 g/mol. The first-order valence-electron chi connectivity index (χ1n) is 7.42. The first-order valence-corrected chi connectivity index (χ1v) is 7.42. The van der Waals surface area contributed by atoms with Crippen LogP contribution in [0.15, 0.2) is 36.9 Å². The number of ether oxygens (including phenoxy) is 1. The van der Waals surface area contributed by atoms with Crippen LogP contribution in [0.1, 0.15) is 25.8 Å². The van der Waals surface area contributed by atoms with Gasteiger partial charge in [-0.05, 0) is 19.4 Å². The van der Waals surface area contributed by atoms with E-state index in [1.54, 1.807) is 18.2 Å². The molecule has 0 saturated heterocycles. The zero-order valence-electron chi connectivity index (χ0n) is 13.0. The summed E-state index contributed by atoms with van der Waals surface area (Å²) in [6, 6.07) is 7.03. The van der Waals surface area contributed by atoms with Crippen LogP contribution in [0.3, 0.4) is 0 Å². The zero-order valence-corrected chi connectivity index (χ0v) is 13.0. The fourth-order valence-electron chi connectivity index (χ4n) is 2.11. The fourth-order valence-corrected chi connectivity index (χ4v) is 2.11. The van der Waals surface area contributed by atoms with E-state index in [0.717, 1.165) is 6.42 Å². The van der Waals surface area contributed by atoms with Crippen LogP contribution < -0.4 is 0 Å². The van der Waals surface area contributed by atoms with Gasteiger partial charge in [-0.25, -0.2) is 4.39 Å². The fraction of sp³-hybridized carbons (Fsp3) is 0.529. The monoisotopic (exact) mass is 295 g/mol. The van der Waals surface area contributed by atoms with Gasteiger partial charge in [0, 0.05) is 24.7 Å². The third-order valence-electron chi connectivity index (χ3n) is 3.54. The highest BCUT2D eigenvalue weighted by atomic mass is 19.1. The predicted octanol–water partition coefficient (Wildman–Crippen LogP) is 2.99. The van der Waals surface area contributed by atoms with Crippen molar-refractivity contribution in [3.63, 3.8) is 0 Å². The lowest BCUT2D eigenvalue weighted by Crippen LogP contribution is -2.40. The number of nitrogens with zero attached hydrogens (tertiary/aromatic N) is 1. The van der Waals surface area contributed by atoms with E-state index < -0.39 is 6.10 Å². The molecule has 0 aliphatic rings. The predicted molar refractivity (Wildman–Crippen MR) is 83.6 cm³/mol. The maximum atomic E-state index is 13.8. The standard InChI is InChI=1S/C17H26FNO2/c1-4-10-21-13-16(20)12-19(14(3)5-2)11-15-8-6-7-9-17(15)18/h4,6-9,14,16,20H,1,5,10-13H2,2-3H3. The summed E-state index contributed by atoms with van der Waals surface area (Å²) in [5.74, 6) is -0.205. The van der Waals surface area contributed by atoms with Crippen LogP contribution in [0.5, 0.6) is 0 Å². The highest BCUT2D eigenvalue weighted by Crippen LogP contribution is 2.14. The molecule has 3 nitrogen and oxygen atoms in total. The van der Waals surface area contributed by atoms with Crippen LogP contribution in [0.2, 0.25) is 0 Å². The van der Waals surface area contributed by atoms with E-state index in [-0.39, 0.29) is 18.5 Å². The molecule has 0 fully saturated rings. The smallest absolute Gasteiger partial charge is 0.127 e. The second-order valence-corrected chi connectivity index (χ2v) is 5.26. The second-order valence-electron chi connectivity index (χ2n) is 5.26. The van der Waals surface area contributed by atoms with Gasteiger partial charge in [-0.3, -0.25) is 4.90 Å². The normalized spacial score (nSPS) is 14.1. The summed E-state index contributed by atoms with van der Waals surface area (Å²) in [4.78, 5) is 2.08. The molecular formula is C17H26FNO2. The lowest BCUT2D eigenvalue weighted by Gasteiger charge is -2.30. The van der Waals surface area contributed by atoms with E-state index in [2.05, 4.69) is 25.3 Å². The molecule has 0 heterocycles. The number of benzene rings is 1. The van der Waals surface area contributed by atoms with Crippen LogP contribution in [0.4, 0.5) is 4.39 Å². The maximum absolute atomic E-state index is 13.8. The van der Waals surface area contributed by atoms with E-state index in [1.807, 2.05) is 6.07 Å². The van der Waals surface area contributed by atoms with Gasteiger partial charge in [0.05, 0.1) is 19.3 Å². The van der Waals surface area contributed by atoms with Crippen molar-refractivity contribution in [1.82, 2.24) is 4.90 Å². The van der Waals surface area contributed by atoms with E-state index in [0.29, 0.717) is 25.3 Å². The lowest BCUT2D eigenvalue weighted by atomic mass is 10.1. The molecular weight excluding hydrogens is 269 g/mol. The molecule has 2 unspecified atom stereocenters. The number of aliphatic hydroxyl groups is 1. The Morgan fingerprint density at radius 1 is 1.43 bits per heavy atom. The Morgan fingerprint density at radius 2 is 2.14 bits per heavy atom. The summed E-state index contributed by atoms with van der Waals surface area (Å²) in [5.41, 5.74) is 0.650. The van der Waals surface area contributed by atoms with Crippen molar-refractivity contribution in [2.75, 3.05) is 19.8 Å². The SMILES string of the molecule is C=CCOCC(O)CN(Cc1ccccc1F)C(C)CC. The number of rotatable bonds is 10. The molecule has 0 saturated carbocycles. The number of hydrogen-bond acceptors (Lipinski definition) is 3. The molecule has 0 aliphatic carbocycles. The first kappa shape index (κ1) is 17.8. The molecule has 1 rings (SSSR count). The minimum absolute atomic E-state index is 0.205. The largest absolute Gasteiger partial charge is 0.389 e. The van der Waals surface area contributed by atoms with Crippen molar-refractivity contribution in [1.29, 1.82) is 0 Å². The van der Waals surface area contributed by atoms with E-state index in [9.17, 15) is 9.50 Å². The molecule has 1 N–H and O–H groups in total. The summed E-state index contributed by atoms with van der Waals surface area (Å²) in [6.07, 6.45) is 2.00. The summed E-state index contributed by atoms with van der Waals surface area (Å²) < 4.78 is 19.0. The third-order valence-corrected chi connectivity index (χ3v) is 3.54. The van der Waals surface area contributed by atoms with Gasteiger partial charge in [-0.1, -0.05) is 31.2 Å². The molecule has 0 radical (unpaired) electrons. The Morgan fingerprint density at radius 3 is 2.76 bits per heavy atom. The van der Waals surface area contributed by atoms with E-state index in [4.69, 9.17) is 4.74 Å². The van der Waals surface area contributed by atoms with Gasteiger partial charge in [-0.15, -0.1) is 6.58 Å². The van der Waals surface area contributed by atoms with Crippen LogP contribution in [0.25, 0.3) is 0 Å². The van der Waals surface area contributed by atoms with Gasteiger partial charge in [0.1, 0.15) is 5.82 Å². The van der Waals surface area contributed by atoms with Crippen molar-refractivity contribution in [3.05, 3.63) is 48.3 Å². The van der Waals surface area contributed by atoms with Gasteiger partial charge < -0.3 is 9.84 Å². The molecule has 0 aliphatic heterocycles. The number of hydrogen-bond donors (Lipinski definition) is 1. The molecule has 21 heavy (non-hydrogen) atoms. The van der Waals surface area contributed by atoms with E-state index in [1.165, 1.54) is 6.07 Å². The highest BCUT2D eigenvalue weighted by Gasteiger charge is 2.18. The summed E-state index contributed by atoms with van der Waals surface area (Å²) in [7, 11) is 0. The maximum Gasteiger partial charge on any atom is 0.127 e. The van der Waals surface area contributed by atoms with Crippen LogP contribution in [-0.2, 0) is 11.3 Å².